The molecule has 0 aliphatic carbocycles. The average Bonchev–Trinajstić information content (AvgIpc) is 3.49. The van der Waals surface area contributed by atoms with Gasteiger partial charge in [0.2, 0.25) is 0 Å². The standard InChI is InChI=1S/C23H20ClF2N7O5/c24-12-2-3-18(38-22(25)26)13(8-12)19-15(29-21(35)14-9-28-32-6-1-5-27-20(14)32)10-33(30-19)16-11-31(23(36)37)7-4-17(16)34/h1-3,5-6,8-10,16-17,22,34H,4,7,11H2,(H,29,35)(H,36,37)/t16-,17-/m0/s1. The summed E-state index contributed by atoms with van der Waals surface area (Å²) in [5.74, 6) is -0.867. The third-order valence-electron chi connectivity index (χ3n) is 6.07. The second-order valence-corrected chi connectivity index (χ2v) is 8.88. The first kappa shape index (κ1) is 25.4. The molecular formula is C23H20ClF2N7O5. The van der Waals surface area contributed by atoms with E-state index >= 15 is 0 Å². The van der Waals surface area contributed by atoms with E-state index in [1.165, 1.54) is 46.0 Å². The van der Waals surface area contributed by atoms with Crippen LogP contribution in [0.1, 0.15) is 22.8 Å². The number of likely N-dealkylation sites (tertiary alicyclic amines) is 1. The third-order valence-corrected chi connectivity index (χ3v) is 6.31. The number of piperidine rings is 1. The van der Waals surface area contributed by atoms with Gasteiger partial charge < -0.3 is 25.2 Å². The summed E-state index contributed by atoms with van der Waals surface area (Å²) in [6.45, 7) is -3.10. The van der Waals surface area contributed by atoms with Gasteiger partial charge in [-0.15, -0.1) is 0 Å². The smallest absolute Gasteiger partial charge is 0.407 e. The molecule has 1 saturated heterocycles. The first-order valence-electron chi connectivity index (χ1n) is 11.3. The number of aromatic nitrogens is 5. The number of amides is 2. The number of nitrogens with zero attached hydrogens (tertiary/aromatic N) is 6. The van der Waals surface area contributed by atoms with Crippen molar-refractivity contribution < 1.29 is 33.3 Å². The Bertz CT molecular complexity index is 1510. The lowest BCUT2D eigenvalue weighted by Gasteiger charge is -2.34. The van der Waals surface area contributed by atoms with E-state index in [2.05, 4.69) is 25.2 Å². The number of nitrogens with one attached hydrogen (secondary N) is 1. The number of aliphatic hydroxyl groups is 1. The van der Waals surface area contributed by atoms with Crippen molar-refractivity contribution >= 4 is 34.9 Å². The van der Waals surface area contributed by atoms with Crippen molar-refractivity contribution in [2.24, 2.45) is 0 Å². The van der Waals surface area contributed by atoms with Gasteiger partial charge in [0.25, 0.3) is 5.91 Å². The summed E-state index contributed by atoms with van der Waals surface area (Å²) in [7, 11) is 0. The van der Waals surface area contributed by atoms with Crippen LogP contribution in [-0.2, 0) is 0 Å². The molecule has 3 N–H and O–H groups in total. The Morgan fingerprint density at radius 2 is 2.11 bits per heavy atom. The second-order valence-electron chi connectivity index (χ2n) is 8.44. The second kappa shape index (κ2) is 10.2. The topological polar surface area (TPSA) is 147 Å². The van der Waals surface area contributed by atoms with Crippen LogP contribution >= 0.6 is 11.6 Å². The maximum absolute atomic E-state index is 13.2. The van der Waals surface area contributed by atoms with Crippen molar-refractivity contribution in [2.75, 3.05) is 18.4 Å². The van der Waals surface area contributed by atoms with Gasteiger partial charge in [-0.2, -0.15) is 19.0 Å². The fourth-order valence-corrected chi connectivity index (χ4v) is 4.44. The van der Waals surface area contributed by atoms with Crippen molar-refractivity contribution in [3.63, 3.8) is 0 Å². The molecular weight excluding hydrogens is 528 g/mol. The zero-order valence-electron chi connectivity index (χ0n) is 19.4. The van der Waals surface area contributed by atoms with Gasteiger partial charge in [0, 0.05) is 42.3 Å². The molecule has 1 fully saturated rings. The van der Waals surface area contributed by atoms with E-state index in [-0.39, 0.29) is 58.4 Å². The lowest BCUT2D eigenvalue weighted by Crippen LogP contribution is -2.46. The number of benzene rings is 1. The number of carbonyl (C=O) groups is 2. The Hall–Kier alpha value is -4.30. The zero-order valence-corrected chi connectivity index (χ0v) is 20.2. The van der Waals surface area contributed by atoms with E-state index < -0.39 is 30.8 Å². The van der Waals surface area contributed by atoms with Crippen LogP contribution in [0.4, 0.5) is 19.3 Å². The highest BCUT2D eigenvalue weighted by Crippen LogP contribution is 2.38. The lowest BCUT2D eigenvalue weighted by molar-refractivity contribution is -0.0494. The molecule has 0 saturated carbocycles. The van der Waals surface area contributed by atoms with Crippen molar-refractivity contribution in [1.82, 2.24) is 29.3 Å². The van der Waals surface area contributed by atoms with Gasteiger partial charge in [0.1, 0.15) is 17.0 Å². The fourth-order valence-electron chi connectivity index (χ4n) is 4.27. The first-order chi connectivity index (χ1) is 18.2. The third kappa shape index (κ3) is 4.95. The van der Waals surface area contributed by atoms with Crippen LogP contribution < -0.4 is 10.1 Å². The highest BCUT2D eigenvalue weighted by Gasteiger charge is 2.33. The molecule has 5 rings (SSSR count). The maximum Gasteiger partial charge on any atom is 0.407 e. The maximum atomic E-state index is 13.2. The summed E-state index contributed by atoms with van der Waals surface area (Å²) in [5.41, 5.74) is 0.551. The van der Waals surface area contributed by atoms with Crippen LogP contribution in [0.15, 0.2) is 49.1 Å². The van der Waals surface area contributed by atoms with Gasteiger partial charge >= 0.3 is 12.7 Å². The first-order valence-corrected chi connectivity index (χ1v) is 11.7. The number of carboxylic acid groups (broad SMARTS) is 1. The highest BCUT2D eigenvalue weighted by molar-refractivity contribution is 6.31. The van der Waals surface area contributed by atoms with Crippen LogP contribution in [-0.4, -0.2) is 77.3 Å². The summed E-state index contributed by atoms with van der Waals surface area (Å²) in [4.78, 5) is 30.1. The zero-order chi connectivity index (χ0) is 27.0. The molecule has 0 bridgehead atoms. The Morgan fingerprint density at radius 3 is 2.87 bits per heavy atom. The van der Waals surface area contributed by atoms with Gasteiger partial charge in [-0.25, -0.2) is 14.3 Å². The fraction of sp³-hybridized carbons (Fsp3) is 0.261. The molecule has 38 heavy (non-hydrogen) atoms. The number of alkyl halides is 2. The summed E-state index contributed by atoms with van der Waals surface area (Å²) < 4.78 is 33.7. The molecule has 0 spiro atoms. The Balaban J connectivity index is 1.59. The quantitative estimate of drug-likeness (QED) is 0.333. The number of ether oxygens (including phenoxy) is 1. The van der Waals surface area contributed by atoms with Crippen LogP contribution in [0.3, 0.4) is 0 Å². The summed E-state index contributed by atoms with van der Waals surface area (Å²) in [6, 6.07) is 4.77. The molecule has 3 aromatic heterocycles. The number of rotatable bonds is 6. The Labute approximate surface area is 218 Å². The van der Waals surface area contributed by atoms with E-state index in [1.807, 2.05) is 0 Å². The molecule has 0 radical (unpaired) electrons. The van der Waals surface area contributed by atoms with Crippen LogP contribution in [0.2, 0.25) is 5.02 Å². The van der Waals surface area contributed by atoms with E-state index in [0.29, 0.717) is 0 Å². The van der Waals surface area contributed by atoms with E-state index in [9.17, 15) is 28.6 Å². The SMILES string of the molecule is O=C(Nc1cn([C@H]2CN(C(=O)O)CC[C@@H]2O)nc1-c1cc(Cl)ccc1OC(F)F)c1cnn2cccnc12. The summed E-state index contributed by atoms with van der Waals surface area (Å²) in [5, 5.41) is 31.5. The molecule has 1 aromatic carbocycles. The minimum absolute atomic E-state index is 0.0144. The molecule has 0 unspecified atom stereocenters. The molecule has 12 nitrogen and oxygen atoms in total. The molecule has 2 atom stereocenters. The van der Waals surface area contributed by atoms with Crippen molar-refractivity contribution in [3.8, 4) is 17.0 Å². The monoisotopic (exact) mass is 547 g/mol. The predicted octanol–water partition coefficient (Wildman–Crippen LogP) is 3.39. The van der Waals surface area contributed by atoms with Crippen LogP contribution in [0.5, 0.6) is 5.75 Å². The number of hydrogen-bond acceptors (Lipinski definition) is 7. The van der Waals surface area contributed by atoms with Crippen molar-refractivity contribution in [3.05, 3.63) is 59.6 Å². The van der Waals surface area contributed by atoms with Crippen molar-refractivity contribution in [1.29, 1.82) is 0 Å². The molecule has 15 heteroatoms. The average molecular weight is 548 g/mol. The Morgan fingerprint density at radius 1 is 1.29 bits per heavy atom. The largest absolute Gasteiger partial charge is 0.465 e. The van der Waals surface area contributed by atoms with Crippen molar-refractivity contribution in [2.45, 2.75) is 25.2 Å². The lowest BCUT2D eigenvalue weighted by atomic mass is 10.0. The number of halogens is 3. The summed E-state index contributed by atoms with van der Waals surface area (Å²) >= 11 is 6.14. The predicted molar refractivity (Wildman–Crippen MR) is 130 cm³/mol. The van der Waals surface area contributed by atoms with Crippen LogP contribution in [0, 0.1) is 0 Å². The number of aliphatic hydroxyl groups excluding tert-OH is 1. The molecule has 4 aromatic rings. The van der Waals surface area contributed by atoms with E-state index in [1.54, 1.807) is 12.3 Å². The number of carbonyl (C=O) groups excluding carboxylic acids is 1. The molecule has 1 aliphatic heterocycles. The van der Waals surface area contributed by atoms with Crippen LogP contribution in [0.25, 0.3) is 16.9 Å². The minimum atomic E-state index is -3.15. The van der Waals surface area contributed by atoms with Gasteiger partial charge in [-0.05, 0) is 30.7 Å². The molecule has 2 amide bonds. The normalized spacial score (nSPS) is 17.7. The molecule has 1 aliphatic rings. The van der Waals surface area contributed by atoms with Gasteiger partial charge in [0.15, 0.2) is 5.65 Å². The number of anilines is 1. The number of fused-ring (bicyclic) bond motifs is 1. The molecule has 198 valence electrons. The van der Waals surface area contributed by atoms with Gasteiger partial charge in [0.05, 0.1) is 24.0 Å². The number of hydrogen-bond donors (Lipinski definition) is 3. The van der Waals surface area contributed by atoms with E-state index in [0.717, 1.165) is 4.90 Å². The van der Waals surface area contributed by atoms with Gasteiger partial charge in [-0.3, -0.25) is 9.48 Å². The van der Waals surface area contributed by atoms with Gasteiger partial charge in [-0.1, -0.05) is 11.6 Å². The molecule has 4 heterocycles. The highest BCUT2D eigenvalue weighted by atomic mass is 35.5. The Kier molecular flexibility index (Phi) is 6.82. The summed E-state index contributed by atoms with van der Waals surface area (Å²) in [6.07, 6.45) is 3.85. The van der Waals surface area contributed by atoms with E-state index in [4.69, 9.17) is 11.6 Å². The minimum Gasteiger partial charge on any atom is -0.465 e.